The zero-order chi connectivity index (χ0) is 44.2. The maximum atomic E-state index is 13.0. The number of thioether (sulfide) groups is 1. The first kappa shape index (κ1) is 46.9. The average Bonchev–Trinajstić information content (AvgIpc) is 3.91. The summed E-state index contributed by atoms with van der Waals surface area (Å²) < 4.78 is 34.5. The molecule has 0 spiro atoms. The fraction of sp³-hybridized carbons (Fsp3) is 0.381. The Hall–Kier alpha value is -5.14. The smallest absolute Gasteiger partial charge is 0.221 e. The van der Waals surface area contributed by atoms with Gasteiger partial charge in [0.1, 0.15) is 23.4 Å². The summed E-state index contributed by atoms with van der Waals surface area (Å²) in [5.74, 6) is 3.26. The molecule has 1 atom stereocenters. The Kier molecular flexibility index (Phi) is 17.0. The van der Waals surface area contributed by atoms with E-state index in [1.165, 1.54) is 14.2 Å². The van der Waals surface area contributed by atoms with E-state index in [2.05, 4.69) is 74.6 Å². The zero-order valence-electron chi connectivity index (χ0n) is 35.3. The molecule has 0 aliphatic heterocycles. The van der Waals surface area contributed by atoms with E-state index in [4.69, 9.17) is 47.1 Å². The number of methoxy groups -OCH3 is 4. The van der Waals surface area contributed by atoms with E-state index in [9.17, 15) is 14.7 Å². The lowest BCUT2D eigenvalue weighted by molar-refractivity contribution is 0.323. The predicted octanol–water partition coefficient (Wildman–Crippen LogP) is 8.22. The molecule has 4 aromatic heterocycles. The van der Waals surface area contributed by atoms with E-state index in [1.807, 2.05) is 0 Å². The molecule has 0 fully saturated rings. The first-order valence-electron chi connectivity index (χ1n) is 19.4. The minimum atomic E-state index is -1.43. The molecule has 19 heteroatoms. The van der Waals surface area contributed by atoms with Gasteiger partial charge >= 0.3 is 0 Å². The minimum Gasteiger partial charge on any atom is -0.493 e. The van der Waals surface area contributed by atoms with Crippen molar-refractivity contribution in [3.05, 3.63) is 57.8 Å². The van der Waals surface area contributed by atoms with Crippen LogP contribution in [0, 0.1) is 22.7 Å². The largest absolute Gasteiger partial charge is 0.493 e. The van der Waals surface area contributed by atoms with Crippen molar-refractivity contribution in [2.75, 3.05) is 79.2 Å². The second kappa shape index (κ2) is 22.1. The molecule has 4 heterocycles. The number of H-pyrrole nitrogens is 2. The molecule has 0 aliphatic carbocycles. The summed E-state index contributed by atoms with van der Waals surface area (Å²) in [6.45, 7) is 13.8. The van der Waals surface area contributed by atoms with Crippen molar-refractivity contribution in [2.45, 2.75) is 38.0 Å². The van der Waals surface area contributed by atoms with Gasteiger partial charge in [0.15, 0.2) is 28.2 Å². The van der Waals surface area contributed by atoms with Crippen molar-refractivity contribution in [3.8, 4) is 57.7 Å². The first-order chi connectivity index (χ1) is 29.5. The van der Waals surface area contributed by atoms with E-state index >= 15 is 0 Å². The molecule has 61 heavy (non-hydrogen) atoms. The quantitative estimate of drug-likeness (QED) is 0.0619. The van der Waals surface area contributed by atoms with Crippen LogP contribution in [-0.2, 0) is 10.8 Å². The molecule has 322 valence electrons. The van der Waals surface area contributed by atoms with Crippen LogP contribution in [0.2, 0.25) is 10.0 Å². The Morgan fingerprint density at radius 3 is 1.57 bits per heavy atom. The number of nitriles is 2. The van der Waals surface area contributed by atoms with Gasteiger partial charge in [-0.05, 0) is 38.3 Å². The van der Waals surface area contributed by atoms with Crippen molar-refractivity contribution in [3.63, 3.8) is 0 Å². The predicted molar refractivity (Wildman–Crippen MR) is 242 cm³/mol. The zero-order valence-corrected chi connectivity index (χ0v) is 38.5. The lowest BCUT2D eigenvalue weighted by atomic mass is 10.1. The molecule has 0 bridgehead atoms. The number of nitrogens with zero attached hydrogens (tertiary/aromatic N) is 8. The fourth-order valence-corrected chi connectivity index (χ4v) is 8.80. The lowest BCUT2D eigenvalue weighted by Gasteiger charge is -2.17. The molecule has 0 aliphatic rings. The second-order valence-corrected chi connectivity index (χ2v) is 16.5. The Bertz CT molecular complexity index is 2580. The van der Waals surface area contributed by atoms with Crippen LogP contribution in [-0.4, -0.2) is 123 Å². The summed E-state index contributed by atoms with van der Waals surface area (Å²) in [7, 11) is 4.74. The Morgan fingerprint density at radius 1 is 0.672 bits per heavy atom. The molecule has 6 aromatic rings. The highest BCUT2D eigenvalue weighted by Crippen LogP contribution is 2.42. The number of hydrogen-bond acceptors (Lipinski definition) is 14. The molecule has 6 rings (SSSR count). The first-order valence-corrected chi connectivity index (χ1v) is 22.5. The minimum absolute atomic E-state index is 0.187. The number of fused-ring (bicyclic) bond motifs is 2. The van der Waals surface area contributed by atoms with E-state index in [0.29, 0.717) is 106 Å². The van der Waals surface area contributed by atoms with Crippen LogP contribution in [0.1, 0.15) is 38.8 Å². The molecule has 0 radical (unpaired) electrons. The number of aromatic nitrogens is 6. The fourth-order valence-electron chi connectivity index (χ4n) is 6.48. The van der Waals surface area contributed by atoms with E-state index in [1.54, 1.807) is 62.6 Å². The topological polar surface area (TPSA) is 191 Å². The maximum Gasteiger partial charge on any atom is 0.221 e. The summed E-state index contributed by atoms with van der Waals surface area (Å²) in [5.41, 5.74) is 4.07. The Morgan fingerprint density at radius 2 is 1.11 bits per heavy atom. The number of hydrogen-bond donors (Lipinski definition) is 2. The molecule has 0 amide bonds. The van der Waals surface area contributed by atoms with Crippen LogP contribution >= 0.6 is 35.0 Å². The second-order valence-electron chi connectivity index (χ2n) is 13.1. The third-order valence-corrected chi connectivity index (χ3v) is 12.5. The third kappa shape index (κ3) is 10.7. The number of nitrogens with one attached hydrogen (secondary N) is 2. The van der Waals surface area contributed by atoms with Gasteiger partial charge in [-0.2, -0.15) is 10.5 Å². The summed E-state index contributed by atoms with van der Waals surface area (Å²) in [6.07, 6.45) is 3.20. The normalized spacial score (nSPS) is 11.6. The number of ether oxygens (including phenoxy) is 4. The lowest BCUT2D eigenvalue weighted by Crippen LogP contribution is -2.27. The number of rotatable bonds is 18. The molecule has 0 saturated heterocycles. The van der Waals surface area contributed by atoms with Crippen LogP contribution < -0.4 is 18.9 Å². The summed E-state index contributed by atoms with van der Waals surface area (Å²) in [5, 5.41) is 21.9. The van der Waals surface area contributed by atoms with Crippen LogP contribution in [0.5, 0.6) is 23.0 Å². The molecule has 2 aromatic carbocycles. The van der Waals surface area contributed by atoms with Gasteiger partial charge in [-0.1, -0.05) is 62.7 Å². The van der Waals surface area contributed by atoms with Gasteiger partial charge in [0.05, 0.1) is 82.6 Å². The highest BCUT2D eigenvalue weighted by Gasteiger charge is 2.23. The van der Waals surface area contributed by atoms with Gasteiger partial charge in [-0.15, -0.1) is 0 Å². The van der Waals surface area contributed by atoms with Gasteiger partial charge < -0.3 is 38.7 Å². The number of benzene rings is 2. The van der Waals surface area contributed by atoms with Crippen molar-refractivity contribution in [1.29, 1.82) is 10.5 Å². The molecule has 1 unspecified atom stereocenters. The van der Waals surface area contributed by atoms with Crippen molar-refractivity contribution in [1.82, 2.24) is 39.7 Å². The summed E-state index contributed by atoms with van der Waals surface area (Å²) in [6, 6.07) is 11.1. The molecule has 0 saturated carbocycles. The Labute approximate surface area is 372 Å². The van der Waals surface area contributed by atoms with Gasteiger partial charge in [0.2, 0.25) is 5.16 Å². The summed E-state index contributed by atoms with van der Waals surface area (Å²) >= 11 is 14.7. The Balaban J connectivity index is 0.000000231. The van der Waals surface area contributed by atoms with Gasteiger partial charge in [0.25, 0.3) is 0 Å². The van der Waals surface area contributed by atoms with Crippen molar-refractivity contribution >= 4 is 67.8 Å². The molecular weight excluding hydrogens is 860 g/mol. The monoisotopic (exact) mass is 906 g/mol. The van der Waals surface area contributed by atoms with E-state index < -0.39 is 10.8 Å². The summed E-state index contributed by atoms with van der Waals surface area (Å²) in [4.78, 5) is 29.0. The van der Waals surface area contributed by atoms with Crippen LogP contribution in [0.15, 0.2) is 47.0 Å². The average molecular weight is 908 g/mol. The van der Waals surface area contributed by atoms with Gasteiger partial charge in [-0.25, -0.2) is 19.9 Å². The standard InChI is InChI=1S/C21H24ClN5O3S.C21H24ClN5O2S/c1-5-27(6-2)7-8-31(28)21-25-19(18-13(11-23)12-24-20(18)26-21)14-9-16(29-3)17(30-4)10-15(14)22;1-5-27(6-2)7-8-30-21-25-19(18-13(11-23)12-24-20(18)26-21)14-9-16(28-3)17(29-4)10-15(14)22/h9-10,12H,5-8H2,1-4H3,(H,24,25,26);9-10,12H,5-8H2,1-4H3,(H,24,25,26). The third-order valence-electron chi connectivity index (χ3n) is 9.94. The number of halogens is 2. The van der Waals surface area contributed by atoms with E-state index in [0.717, 1.165) is 38.5 Å². The highest BCUT2D eigenvalue weighted by molar-refractivity contribution is 7.99. The van der Waals surface area contributed by atoms with Gasteiger partial charge in [-0.3, -0.25) is 4.21 Å². The van der Waals surface area contributed by atoms with Gasteiger partial charge in [0, 0.05) is 60.2 Å². The highest BCUT2D eigenvalue weighted by atomic mass is 35.5. The molecule has 2 N–H and O–H groups in total. The van der Waals surface area contributed by atoms with Crippen LogP contribution in [0.4, 0.5) is 0 Å². The van der Waals surface area contributed by atoms with Crippen molar-refractivity contribution in [2.24, 2.45) is 0 Å². The van der Waals surface area contributed by atoms with Crippen LogP contribution in [0.3, 0.4) is 0 Å². The number of aromatic amines is 2. The SMILES string of the molecule is CCN(CC)CCS(=O)c1nc(-c2cc(OC)c(OC)cc2Cl)c2c(C#N)c[nH]c2n1.CCN(CC)CCSc1nc(-c2cc(OC)c(OC)cc2Cl)c2c(C#N)c[nH]c2n1. The maximum absolute atomic E-state index is 13.0. The molecular formula is C42H48Cl2N10O5S2. The van der Waals surface area contributed by atoms with Crippen LogP contribution in [0.25, 0.3) is 44.6 Å². The van der Waals surface area contributed by atoms with E-state index in [-0.39, 0.29) is 5.16 Å². The van der Waals surface area contributed by atoms with Crippen molar-refractivity contribution < 1.29 is 23.2 Å². The molecule has 15 nitrogen and oxygen atoms in total.